The van der Waals surface area contributed by atoms with E-state index < -0.39 is 5.60 Å². The van der Waals surface area contributed by atoms with Crippen molar-refractivity contribution in [1.29, 1.82) is 0 Å². The Kier molecular flexibility index (Phi) is 4.97. The zero-order valence-corrected chi connectivity index (χ0v) is 14.7. The van der Waals surface area contributed by atoms with Gasteiger partial charge in [0.15, 0.2) is 0 Å². The maximum Gasteiger partial charge on any atom is 0.253 e. The van der Waals surface area contributed by atoms with E-state index in [2.05, 4.69) is 16.0 Å². The summed E-state index contributed by atoms with van der Waals surface area (Å²) in [6, 6.07) is 13.8. The highest BCUT2D eigenvalue weighted by atomic mass is 16.6. The number of amides is 1. The zero-order chi connectivity index (χ0) is 17.8. The molecular formula is C20H23N3O3. The van der Waals surface area contributed by atoms with Crippen LogP contribution in [0.3, 0.4) is 0 Å². The smallest absolute Gasteiger partial charge is 0.253 e. The van der Waals surface area contributed by atoms with Crippen LogP contribution in [0.1, 0.15) is 5.56 Å². The Morgan fingerprint density at radius 2 is 2.00 bits per heavy atom. The number of benzene rings is 1. The molecule has 2 aromatic rings. The Bertz CT molecular complexity index is 740. The lowest BCUT2D eigenvalue weighted by Crippen LogP contribution is -2.60. The normalized spacial score (nSPS) is 24.6. The maximum absolute atomic E-state index is 12.4. The molecule has 26 heavy (non-hydrogen) atoms. The van der Waals surface area contributed by atoms with Crippen LogP contribution in [0.4, 0.5) is 5.69 Å². The van der Waals surface area contributed by atoms with E-state index >= 15 is 0 Å². The zero-order valence-electron chi connectivity index (χ0n) is 14.7. The number of rotatable bonds is 3. The molecular weight excluding hydrogens is 330 g/mol. The minimum atomic E-state index is -0.511. The molecule has 1 aromatic carbocycles. The van der Waals surface area contributed by atoms with Gasteiger partial charge in [-0.1, -0.05) is 24.3 Å². The molecule has 0 bridgehead atoms. The average Bonchev–Trinajstić information content (AvgIpc) is 2.88. The summed E-state index contributed by atoms with van der Waals surface area (Å²) in [5.74, 6) is -0.00937. The first-order chi connectivity index (χ1) is 12.7. The second-order valence-corrected chi connectivity index (χ2v) is 6.91. The van der Waals surface area contributed by atoms with Crippen molar-refractivity contribution in [1.82, 2.24) is 9.88 Å². The van der Waals surface area contributed by atoms with E-state index in [9.17, 15) is 4.79 Å². The van der Waals surface area contributed by atoms with Gasteiger partial charge < -0.3 is 14.4 Å². The maximum atomic E-state index is 12.4. The molecule has 2 saturated heterocycles. The summed E-state index contributed by atoms with van der Waals surface area (Å²) >= 11 is 0. The summed E-state index contributed by atoms with van der Waals surface area (Å²) in [5.41, 5.74) is 1.56. The van der Waals surface area contributed by atoms with Gasteiger partial charge in [-0.15, -0.1) is 0 Å². The number of hydrogen-bond donors (Lipinski definition) is 0. The number of morpholine rings is 1. The van der Waals surface area contributed by atoms with E-state index in [1.165, 1.54) is 0 Å². The summed E-state index contributed by atoms with van der Waals surface area (Å²) in [4.78, 5) is 20.8. The van der Waals surface area contributed by atoms with Crippen molar-refractivity contribution in [3.05, 3.63) is 60.4 Å². The summed E-state index contributed by atoms with van der Waals surface area (Å²) in [5, 5.41) is 0. The molecule has 0 unspecified atom stereocenters. The molecule has 0 aliphatic carbocycles. The molecule has 2 aliphatic rings. The van der Waals surface area contributed by atoms with Crippen LogP contribution in [0.5, 0.6) is 0 Å². The molecule has 6 nitrogen and oxygen atoms in total. The number of para-hydroxylation sites is 1. The SMILES string of the molecule is O=C1CO[C@@]2(COCCN(Cc3cccnc3)C2)CN1c1ccccc1. The minimum Gasteiger partial charge on any atom is -0.377 e. The molecule has 1 atom stereocenters. The van der Waals surface area contributed by atoms with Crippen molar-refractivity contribution in [3.8, 4) is 0 Å². The Balaban J connectivity index is 1.53. The van der Waals surface area contributed by atoms with Crippen molar-refractivity contribution in [2.45, 2.75) is 12.1 Å². The predicted octanol–water partition coefficient (Wildman–Crippen LogP) is 1.72. The molecule has 4 rings (SSSR count). The highest BCUT2D eigenvalue weighted by Gasteiger charge is 2.43. The quantitative estimate of drug-likeness (QED) is 0.841. The molecule has 1 amide bonds. The highest BCUT2D eigenvalue weighted by Crippen LogP contribution is 2.27. The molecule has 0 radical (unpaired) electrons. The standard InChI is InChI=1S/C20H23N3O3/c24-19-13-26-20(15-23(19)18-6-2-1-3-7-18)14-22(9-10-25-16-20)12-17-5-4-8-21-11-17/h1-8,11H,9-10,12-16H2/t20-/m1/s1. The number of anilines is 1. The molecule has 136 valence electrons. The Morgan fingerprint density at radius 1 is 1.12 bits per heavy atom. The summed E-state index contributed by atoms with van der Waals surface area (Å²) in [6.45, 7) is 4.08. The molecule has 1 spiro atoms. The van der Waals surface area contributed by atoms with E-state index in [-0.39, 0.29) is 12.5 Å². The second-order valence-electron chi connectivity index (χ2n) is 6.91. The predicted molar refractivity (Wildman–Crippen MR) is 97.8 cm³/mol. The summed E-state index contributed by atoms with van der Waals surface area (Å²) in [6.07, 6.45) is 3.67. The number of aromatic nitrogens is 1. The van der Waals surface area contributed by atoms with Gasteiger partial charge in [0.25, 0.3) is 5.91 Å². The van der Waals surface area contributed by atoms with E-state index in [0.717, 1.165) is 30.9 Å². The lowest BCUT2D eigenvalue weighted by Gasteiger charge is -2.43. The van der Waals surface area contributed by atoms with Gasteiger partial charge in [0.05, 0.1) is 19.8 Å². The number of nitrogens with zero attached hydrogens (tertiary/aromatic N) is 3. The number of pyridine rings is 1. The molecule has 2 aliphatic heterocycles. The first-order valence-electron chi connectivity index (χ1n) is 8.93. The van der Waals surface area contributed by atoms with Crippen molar-refractivity contribution in [3.63, 3.8) is 0 Å². The molecule has 3 heterocycles. The third-order valence-electron chi connectivity index (χ3n) is 4.87. The van der Waals surface area contributed by atoms with Gasteiger partial charge in [-0.2, -0.15) is 0 Å². The fraction of sp³-hybridized carbons (Fsp3) is 0.400. The van der Waals surface area contributed by atoms with Crippen LogP contribution in [0.25, 0.3) is 0 Å². The van der Waals surface area contributed by atoms with Gasteiger partial charge in [0.2, 0.25) is 0 Å². The van der Waals surface area contributed by atoms with Gasteiger partial charge in [0, 0.05) is 37.7 Å². The topological polar surface area (TPSA) is 54.9 Å². The van der Waals surface area contributed by atoms with Crippen LogP contribution in [-0.4, -0.2) is 60.8 Å². The second kappa shape index (κ2) is 7.53. The Labute approximate surface area is 153 Å². The minimum absolute atomic E-state index is 0.00937. The molecule has 0 N–H and O–H groups in total. The largest absolute Gasteiger partial charge is 0.377 e. The molecule has 6 heteroatoms. The van der Waals surface area contributed by atoms with Gasteiger partial charge in [-0.3, -0.25) is 14.7 Å². The fourth-order valence-corrected chi connectivity index (χ4v) is 3.61. The van der Waals surface area contributed by atoms with Gasteiger partial charge in [0.1, 0.15) is 12.2 Å². The lowest BCUT2D eigenvalue weighted by molar-refractivity contribution is -0.146. The van der Waals surface area contributed by atoms with Crippen LogP contribution in [-0.2, 0) is 20.8 Å². The molecule has 1 aromatic heterocycles. The number of ether oxygens (including phenoxy) is 2. The average molecular weight is 353 g/mol. The van der Waals surface area contributed by atoms with E-state index in [1.807, 2.05) is 47.5 Å². The summed E-state index contributed by atoms with van der Waals surface area (Å²) in [7, 11) is 0. The van der Waals surface area contributed by atoms with E-state index in [1.54, 1.807) is 6.20 Å². The van der Waals surface area contributed by atoms with Crippen LogP contribution < -0.4 is 4.90 Å². The third-order valence-corrected chi connectivity index (χ3v) is 4.87. The van der Waals surface area contributed by atoms with Gasteiger partial charge in [-0.05, 0) is 23.8 Å². The van der Waals surface area contributed by atoms with Crippen LogP contribution in [0, 0.1) is 0 Å². The van der Waals surface area contributed by atoms with Gasteiger partial charge >= 0.3 is 0 Å². The number of hydrogen-bond acceptors (Lipinski definition) is 5. The van der Waals surface area contributed by atoms with Crippen LogP contribution in [0.2, 0.25) is 0 Å². The molecule has 2 fully saturated rings. The summed E-state index contributed by atoms with van der Waals surface area (Å²) < 4.78 is 11.9. The monoisotopic (exact) mass is 353 g/mol. The van der Waals surface area contributed by atoms with Crippen molar-refractivity contribution in [2.24, 2.45) is 0 Å². The lowest BCUT2D eigenvalue weighted by atomic mass is 10.0. The first kappa shape index (κ1) is 17.1. The Morgan fingerprint density at radius 3 is 2.81 bits per heavy atom. The van der Waals surface area contributed by atoms with Crippen molar-refractivity contribution >= 4 is 11.6 Å². The van der Waals surface area contributed by atoms with Crippen molar-refractivity contribution in [2.75, 3.05) is 44.4 Å². The first-order valence-corrected chi connectivity index (χ1v) is 8.93. The van der Waals surface area contributed by atoms with Crippen LogP contribution in [0.15, 0.2) is 54.9 Å². The van der Waals surface area contributed by atoms with E-state index in [0.29, 0.717) is 19.8 Å². The third kappa shape index (κ3) is 3.77. The van der Waals surface area contributed by atoms with Gasteiger partial charge in [-0.25, -0.2) is 0 Å². The Hall–Kier alpha value is -2.28. The molecule has 0 saturated carbocycles. The van der Waals surface area contributed by atoms with E-state index in [4.69, 9.17) is 9.47 Å². The fourth-order valence-electron chi connectivity index (χ4n) is 3.61. The highest BCUT2D eigenvalue weighted by molar-refractivity contribution is 5.95. The number of carbonyl (C=O) groups is 1. The van der Waals surface area contributed by atoms with Crippen LogP contribution >= 0.6 is 0 Å². The number of carbonyl (C=O) groups excluding carboxylic acids is 1. The van der Waals surface area contributed by atoms with Crippen molar-refractivity contribution < 1.29 is 14.3 Å².